The van der Waals surface area contributed by atoms with Crippen molar-refractivity contribution in [2.24, 2.45) is 5.92 Å². The molecule has 0 spiro atoms. The Kier molecular flexibility index (Phi) is 5.36. The van der Waals surface area contributed by atoms with Gasteiger partial charge in [0.15, 0.2) is 0 Å². The highest BCUT2D eigenvalue weighted by Gasteiger charge is 2.14. The number of rotatable bonds is 5. The zero-order chi connectivity index (χ0) is 14.4. The minimum absolute atomic E-state index is 0.113. The molecule has 0 saturated carbocycles. The van der Waals surface area contributed by atoms with Crippen molar-refractivity contribution in [3.05, 3.63) is 35.4 Å². The van der Waals surface area contributed by atoms with E-state index in [1.807, 2.05) is 38.1 Å². The summed E-state index contributed by atoms with van der Waals surface area (Å²) in [5.41, 5.74) is 2.15. The van der Waals surface area contributed by atoms with E-state index in [0.29, 0.717) is 0 Å². The van der Waals surface area contributed by atoms with Crippen molar-refractivity contribution in [1.29, 1.82) is 0 Å². The lowest BCUT2D eigenvalue weighted by atomic mass is 10.0. The molecule has 1 aromatic rings. The van der Waals surface area contributed by atoms with Crippen LogP contribution in [0.25, 0.3) is 0 Å². The fraction of sp³-hybridized carbons (Fsp3) is 0.429. The quantitative estimate of drug-likeness (QED) is 0.761. The van der Waals surface area contributed by atoms with Gasteiger partial charge in [0.25, 0.3) is 0 Å². The number of hydrogen-bond acceptors (Lipinski definition) is 2. The average Bonchev–Trinajstić information content (AvgIpc) is 2.36. The molecule has 19 heavy (non-hydrogen) atoms. The van der Waals surface area contributed by atoms with Crippen LogP contribution in [0.15, 0.2) is 24.3 Å². The molecular formula is C14H20N2O3. The van der Waals surface area contributed by atoms with Gasteiger partial charge >= 0.3 is 12.0 Å². The maximum absolute atomic E-state index is 11.6. The Balaban J connectivity index is 2.49. The molecule has 0 bridgehead atoms. The first-order valence-electron chi connectivity index (χ1n) is 6.24. The number of carboxylic acids is 1. The Morgan fingerprint density at radius 1 is 1.26 bits per heavy atom. The molecule has 0 heterocycles. The van der Waals surface area contributed by atoms with E-state index in [1.54, 1.807) is 6.92 Å². The van der Waals surface area contributed by atoms with Crippen LogP contribution in [-0.4, -0.2) is 23.7 Å². The van der Waals surface area contributed by atoms with Gasteiger partial charge in [0.1, 0.15) is 0 Å². The average molecular weight is 264 g/mol. The predicted octanol–water partition coefficient (Wildman–Crippen LogP) is 2.08. The van der Waals surface area contributed by atoms with E-state index in [0.717, 1.165) is 11.1 Å². The standard InChI is InChI=1S/C14H20N2O3/c1-9-6-4-5-7-12(9)11(3)16-14(19)15-8-10(2)13(17)18/h4-7,10-11H,8H2,1-3H3,(H,17,18)(H2,15,16,19). The third-order valence-corrected chi connectivity index (χ3v) is 2.99. The molecule has 2 atom stereocenters. The van der Waals surface area contributed by atoms with E-state index in [9.17, 15) is 9.59 Å². The number of urea groups is 1. The second kappa shape index (κ2) is 6.78. The van der Waals surface area contributed by atoms with E-state index < -0.39 is 11.9 Å². The van der Waals surface area contributed by atoms with Gasteiger partial charge in [0.2, 0.25) is 0 Å². The molecule has 2 amide bonds. The fourth-order valence-corrected chi connectivity index (χ4v) is 1.73. The van der Waals surface area contributed by atoms with Crippen LogP contribution in [0.1, 0.15) is 31.0 Å². The van der Waals surface area contributed by atoms with E-state index in [1.165, 1.54) is 0 Å². The number of nitrogens with one attached hydrogen (secondary N) is 2. The maximum atomic E-state index is 11.6. The summed E-state index contributed by atoms with van der Waals surface area (Å²) in [7, 11) is 0. The van der Waals surface area contributed by atoms with Gasteiger partial charge in [-0.3, -0.25) is 4.79 Å². The van der Waals surface area contributed by atoms with Gasteiger partial charge in [-0.25, -0.2) is 4.79 Å². The molecule has 2 unspecified atom stereocenters. The zero-order valence-electron chi connectivity index (χ0n) is 11.4. The second-order valence-corrected chi connectivity index (χ2v) is 4.67. The minimum Gasteiger partial charge on any atom is -0.481 e. The zero-order valence-corrected chi connectivity index (χ0v) is 11.4. The Bertz CT molecular complexity index is 460. The number of carboxylic acid groups (broad SMARTS) is 1. The third kappa shape index (κ3) is 4.62. The molecule has 5 nitrogen and oxygen atoms in total. The lowest BCUT2D eigenvalue weighted by Crippen LogP contribution is -2.40. The van der Waals surface area contributed by atoms with Crippen LogP contribution in [0.5, 0.6) is 0 Å². The van der Waals surface area contributed by atoms with E-state index in [2.05, 4.69) is 10.6 Å². The number of carbonyl (C=O) groups excluding carboxylic acids is 1. The summed E-state index contributed by atoms with van der Waals surface area (Å²) in [4.78, 5) is 22.3. The topological polar surface area (TPSA) is 78.4 Å². The molecule has 3 N–H and O–H groups in total. The second-order valence-electron chi connectivity index (χ2n) is 4.67. The van der Waals surface area contributed by atoms with Crippen LogP contribution in [0, 0.1) is 12.8 Å². The Labute approximate surface area is 113 Å². The third-order valence-electron chi connectivity index (χ3n) is 2.99. The molecule has 1 rings (SSSR count). The predicted molar refractivity (Wildman–Crippen MR) is 72.9 cm³/mol. The van der Waals surface area contributed by atoms with Crippen LogP contribution < -0.4 is 10.6 Å². The number of aryl methyl sites for hydroxylation is 1. The highest BCUT2D eigenvalue weighted by Crippen LogP contribution is 2.16. The minimum atomic E-state index is -0.924. The van der Waals surface area contributed by atoms with E-state index in [-0.39, 0.29) is 18.6 Å². The monoisotopic (exact) mass is 264 g/mol. The van der Waals surface area contributed by atoms with Crippen LogP contribution in [0.2, 0.25) is 0 Å². The number of benzene rings is 1. The SMILES string of the molecule is Cc1ccccc1C(C)NC(=O)NCC(C)C(=O)O. The molecule has 0 radical (unpaired) electrons. The smallest absolute Gasteiger partial charge is 0.315 e. The summed E-state index contributed by atoms with van der Waals surface area (Å²) in [6.07, 6.45) is 0. The van der Waals surface area contributed by atoms with Crippen LogP contribution >= 0.6 is 0 Å². The number of carbonyl (C=O) groups is 2. The van der Waals surface area contributed by atoms with Gasteiger partial charge in [-0.05, 0) is 25.0 Å². The Morgan fingerprint density at radius 3 is 2.47 bits per heavy atom. The van der Waals surface area contributed by atoms with Gasteiger partial charge in [-0.1, -0.05) is 31.2 Å². The highest BCUT2D eigenvalue weighted by atomic mass is 16.4. The first-order chi connectivity index (χ1) is 8.91. The lowest BCUT2D eigenvalue weighted by Gasteiger charge is -2.17. The Morgan fingerprint density at radius 2 is 1.89 bits per heavy atom. The van der Waals surface area contributed by atoms with Crippen molar-refractivity contribution in [2.45, 2.75) is 26.8 Å². The summed E-state index contributed by atoms with van der Waals surface area (Å²) in [6.45, 7) is 5.54. The summed E-state index contributed by atoms with van der Waals surface area (Å²) < 4.78 is 0. The van der Waals surface area contributed by atoms with Crippen LogP contribution in [0.4, 0.5) is 4.79 Å². The van der Waals surface area contributed by atoms with Crippen molar-refractivity contribution >= 4 is 12.0 Å². The van der Waals surface area contributed by atoms with Gasteiger partial charge in [-0.15, -0.1) is 0 Å². The molecule has 5 heteroatoms. The van der Waals surface area contributed by atoms with E-state index >= 15 is 0 Å². The highest BCUT2D eigenvalue weighted by molar-refractivity contribution is 5.76. The molecule has 104 valence electrons. The first-order valence-corrected chi connectivity index (χ1v) is 6.24. The summed E-state index contributed by atoms with van der Waals surface area (Å²) in [5, 5.41) is 14.1. The van der Waals surface area contributed by atoms with Crippen molar-refractivity contribution in [3.8, 4) is 0 Å². The van der Waals surface area contributed by atoms with Crippen LogP contribution in [-0.2, 0) is 4.79 Å². The molecule has 0 saturated heterocycles. The van der Waals surface area contributed by atoms with Gasteiger partial charge in [-0.2, -0.15) is 0 Å². The molecule has 0 aliphatic carbocycles. The van der Waals surface area contributed by atoms with Gasteiger partial charge in [0.05, 0.1) is 12.0 Å². The van der Waals surface area contributed by atoms with Crippen molar-refractivity contribution in [3.63, 3.8) is 0 Å². The molecule has 0 aliphatic rings. The summed E-state index contributed by atoms with van der Waals surface area (Å²) in [6, 6.07) is 7.33. The summed E-state index contributed by atoms with van der Waals surface area (Å²) in [5.74, 6) is -1.52. The molecule has 0 aliphatic heterocycles. The number of aliphatic carboxylic acids is 1. The molecule has 1 aromatic carbocycles. The molecule has 0 fully saturated rings. The number of hydrogen-bond donors (Lipinski definition) is 3. The normalized spacial score (nSPS) is 13.4. The van der Waals surface area contributed by atoms with Gasteiger partial charge in [0, 0.05) is 6.54 Å². The van der Waals surface area contributed by atoms with E-state index in [4.69, 9.17) is 5.11 Å². The number of amides is 2. The first kappa shape index (κ1) is 15.0. The molecular weight excluding hydrogens is 244 g/mol. The summed E-state index contributed by atoms with van der Waals surface area (Å²) >= 11 is 0. The Hall–Kier alpha value is -2.04. The fourth-order valence-electron chi connectivity index (χ4n) is 1.73. The lowest BCUT2D eigenvalue weighted by molar-refractivity contribution is -0.140. The van der Waals surface area contributed by atoms with Crippen molar-refractivity contribution in [2.75, 3.05) is 6.54 Å². The van der Waals surface area contributed by atoms with Crippen molar-refractivity contribution < 1.29 is 14.7 Å². The van der Waals surface area contributed by atoms with Crippen molar-refractivity contribution in [1.82, 2.24) is 10.6 Å². The maximum Gasteiger partial charge on any atom is 0.315 e. The van der Waals surface area contributed by atoms with Gasteiger partial charge < -0.3 is 15.7 Å². The largest absolute Gasteiger partial charge is 0.481 e. The van der Waals surface area contributed by atoms with Crippen LogP contribution in [0.3, 0.4) is 0 Å². The molecule has 0 aromatic heterocycles.